The molecule has 4 rings (SSSR count). The van der Waals surface area contributed by atoms with Crippen LogP contribution >= 0.6 is 23.2 Å². The van der Waals surface area contributed by atoms with E-state index in [1.807, 2.05) is 11.0 Å². The maximum atomic E-state index is 12.6. The molecule has 1 aromatic heterocycles. The number of benzene rings is 1. The second kappa shape index (κ2) is 4.63. The Labute approximate surface area is 132 Å². The van der Waals surface area contributed by atoms with Crippen molar-refractivity contribution in [1.29, 1.82) is 0 Å². The molecule has 2 aliphatic rings. The second-order valence-corrected chi connectivity index (χ2v) is 6.87. The normalized spacial score (nSPS) is 20.2. The predicted octanol–water partition coefficient (Wildman–Crippen LogP) is 2.91. The molecule has 4 nitrogen and oxygen atoms in total. The summed E-state index contributed by atoms with van der Waals surface area (Å²) in [5.41, 5.74) is 1.73. The number of aromatic nitrogens is 1. The summed E-state index contributed by atoms with van der Waals surface area (Å²) in [6.45, 7) is 3.70. The van der Waals surface area contributed by atoms with Crippen molar-refractivity contribution in [2.45, 2.75) is 6.42 Å². The van der Waals surface area contributed by atoms with Crippen LogP contribution in [0.15, 0.2) is 18.2 Å². The molecule has 6 heteroatoms. The highest BCUT2D eigenvalue weighted by Crippen LogP contribution is 2.35. The van der Waals surface area contributed by atoms with Crippen molar-refractivity contribution < 1.29 is 4.79 Å². The highest BCUT2D eigenvalue weighted by Gasteiger charge is 2.44. The minimum absolute atomic E-state index is 0.0437. The van der Waals surface area contributed by atoms with Crippen LogP contribution in [0.5, 0.6) is 0 Å². The molecule has 0 saturated carbocycles. The number of rotatable bonds is 1. The van der Waals surface area contributed by atoms with Gasteiger partial charge in [0, 0.05) is 42.5 Å². The van der Waals surface area contributed by atoms with Crippen LogP contribution in [-0.4, -0.2) is 42.0 Å². The monoisotopic (exact) mass is 323 g/mol. The number of carbonyl (C=O) groups excluding carboxylic acids is 1. The molecule has 110 valence electrons. The SMILES string of the molecule is O=C(c1cc2c(Cl)c(Cl)ccc2[nH]1)N1CCC2(CNC2)C1. The average Bonchev–Trinajstić information content (AvgIpc) is 3.06. The van der Waals surface area contributed by atoms with E-state index in [2.05, 4.69) is 10.3 Å². The molecule has 1 aromatic carbocycles. The Morgan fingerprint density at radius 3 is 2.76 bits per heavy atom. The Kier molecular flexibility index (Phi) is 2.96. The lowest BCUT2D eigenvalue weighted by Crippen LogP contribution is -2.55. The number of amides is 1. The van der Waals surface area contributed by atoms with Crippen molar-refractivity contribution >= 4 is 40.0 Å². The first kappa shape index (κ1) is 13.4. The summed E-state index contributed by atoms with van der Waals surface area (Å²) < 4.78 is 0. The first-order valence-electron chi connectivity index (χ1n) is 7.05. The third-order valence-electron chi connectivity index (χ3n) is 4.65. The van der Waals surface area contributed by atoms with Crippen LogP contribution in [0.25, 0.3) is 10.9 Å². The summed E-state index contributed by atoms with van der Waals surface area (Å²) in [6, 6.07) is 5.39. The molecule has 21 heavy (non-hydrogen) atoms. The van der Waals surface area contributed by atoms with Gasteiger partial charge < -0.3 is 15.2 Å². The van der Waals surface area contributed by atoms with E-state index in [1.165, 1.54) is 0 Å². The predicted molar refractivity (Wildman–Crippen MR) is 84.1 cm³/mol. The van der Waals surface area contributed by atoms with Crippen molar-refractivity contribution in [2.75, 3.05) is 26.2 Å². The molecule has 0 unspecified atom stereocenters. The van der Waals surface area contributed by atoms with E-state index < -0.39 is 0 Å². The molecule has 2 aromatic rings. The molecular weight excluding hydrogens is 309 g/mol. The van der Waals surface area contributed by atoms with E-state index in [-0.39, 0.29) is 5.91 Å². The minimum Gasteiger partial charge on any atom is -0.350 e. The third-order valence-corrected chi connectivity index (χ3v) is 5.47. The van der Waals surface area contributed by atoms with Crippen molar-refractivity contribution in [3.05, 3.63) is 33.9 Å². The number of hydrogen-bond donors (Lipinski definition) is 2. The number of nitrogens with one attached hydrogen (secondary N) is 2. The summed E-state index contributed by atoms with van der Waals surface area (Å²) in [5.74, 6) is 0.0437. The first-order valence-corrected chi connectivity index (χ1v) is 7.80. The fourth-order valence-corrected chi connectivity index (χ4v) is 3.69. The molecule has 0 atom stereocenters. The van der Waals surface area contributed by atoms with Crippen LogP contribution in [0, 0.1) is 5.41 Å². The zero-order valence-electron chi connectivity index (χ0n) is 11.4. The van der Waals surface area contributed by atoms with Crippen LogP contribution in [-0.2, 0) is 0 Å². The summed E-state index contributed by atoms with van der Waals surface area (Å²) in [6.07, 6.45) is 1.08. The van der Waals surface area contributed by atoms with E-state index >= 15 is 0 Å². The first-order chi connectivity index (χ1) is 10.1. The lowest BCUT2D eigenvalue weighted by molar-refractivity contribution is 0.0747. The Balaban J connectivity index is 1.64. The van der Waals surface area contributed by atoms with E-state index in [9.17, 15) is 4.79 Å². The molecular formula is C15H15Cl2N3O. The molecule has 3 heterocycles. The maximum Gasteiger partial charge on any atom is 0.270 e. The average molecular weight is 324 g/mol. The van der Waals surface area contributed by atoms with Crippen molar-refractivity contribution in [3.8, 4) is 0 Å². The molecule has 0 bridgehead atoms. The smallest absolute Gasteiger partial charge is 0.270 e. The van der Waals surface area contributed by atoms with Gasteiger partial charge in [-0.1, -0.05) is 23.2 Å². The zero-order valence-corrected chi connectivity index (χ0v) is 12.9. The number of H-pyrrole nitrogens is 1. The van der Waals surface area contributed by atoms with Gasteiger partial charge in [0.05, 0.1) is 10.0 Å². The molecule has 2 saturated heterocycles. The molecule has 1 spiro atoms. The van der Waals surface area contributed by atoms with Gasteiger partial charge >= 0.3 is 0 Å². The molecule has 0 radical (unpaired) electrons. The number of aromatic amines is 1. The van der Waals surface area contributed by atoms with E-state index in [4.69, 9.17) is 23.2 Å². The van der Waals surface area contributed by atoms with Crippen molar-refractivity contribution in [3.63, 3.8) is 0 Å². The zero-order chi connectivity index (χ0) is 14.6. The Morgan fingerprint density at radius 1 is 1.29 bits per heavy atom. The molecule has 2 N–H and O–H groups in total. The van der Waals surface area contributed by atoms with Crippen LogP contribution in [0.4, 0.5) is 0 Å². The van der Waals surface area contributed by atoms with Gasteiger partial charge in [-0.05, 0) is 24.6 Å². The highest BCUT2D eigenvalue weighted by molar-refractivity contribution is 6.45. The summed E-state index contributed by atoms with van der Waals surface area (Å²) in [7, 11) is 0. The molecule has 0 aliphatic carbocycles. The van der Waals surface area contributed by atoms with Gasteiger partial charge in [0.1, 0.15) is 5.69 Å². The van der Waals surface area contributed by atoms with Crippen LogP contribution in [0.2, 0.25) is 10.0 Å². The minimum atomic E-state index is 0.0437. The lowest BCUT2D eigenvalue weighted by atomic mass is 9.81. The maximum absolute atomic E-state index is 12.6. The van der Waals surface area contributed by atoms with Gasteiger partial charge in [-0.15, -0.1) is 0 Å². The fraction of sp³-hybridized carbons (Fsp3) is 0.400. The number of likely N-dealkylation sites (tertiary alicyclic amines) is 1. The van der Waals surface area contributed by atoms with Gasteiger partial charge in [-0.25, -0.2) is 0 Å². The molecule has 1 amide bonds. The van der Waals surface area contributed by atoms with Crippen LogP contribution < -0.4 is 5.32 Å². The quantitative estimate of drug-likeness (QED) is 0.847. The van der Waals surface area contributed by atoms with E-state index in [0.717, 1.165) is 43.5 Å². The fourth-order valence-electron chi connectivity index (χ4n) is 3.30. The highest BCUT2D eigenvalue weighted by atomic mass is 35.5. The standard InChI is InChI=1S/C15H15Cl2N3O/c16-10-1-2-11-9(13(10)17)5-12(19-11)14(21)20-4-3-15(8-20)6-18-7-15/h1-2,5,18-19H,3-4,6-8H2. The van der Waals surface area contributed by atoms with Gasteiger partial charge in [0.15, 0.2) is 0 Å². The number of fused-ring (bicyclic) bond motifs is 1. The largest absolute Gasteiger partial charge is 0.350 e. The van der Waals surface area contributed by atoms with Crippen LogP contribution in [0.3, 0.4) is 0 Å². The Hall–Kier alpha value is -1.23. The van der Waals surface area contributed by atoms with Gasteiger partial charge in [0.2, 0.25) is 0 Å². The third kappa shape index (κ3) is 2.05. The number of nitrogens with zero attached hydrogens (tertiary/aromatic N) is 1. The second-order valence-electron chi connectivity index (χ2n) is 6.09. The summed E-state index contributed by atoms with van der Waals surface area (Å²) in [4.78, 5) is 17.7. The molecule has 2 fully saturated rings. The Morgan fingerprint density at radius 2 is 2.10 bits per heavy atom. The summed E-state index contributed by atoms with van der Waals surface area (Å²) >= 11 is 12.2. The van der Waals surface area contributed by atoms with Crippen LogP contribution in [0.1, 0.15) is 16.9 Å². The van der Waals surface area contributed by atoms with Gasteiger partial charge in [0.25, 0.3) is 5.91 Å². The van der Waals surface area contributed by atoms with E-state index in [1.54, 1.807) is 12.1 Å². The number of carbonyl (C=O) groups is 1. The number of halogens is 2. The number of hydrogen-bond acceptors (Lipinski definition) is 2. The van der Waals surface area contributed by atoms with Gasteiger partial charge in [-0.2, -0.15) is 0 Å². The molecule has 2 aliphatic heterocycles. The lowest BCUT2D eigenvalue weighted by Gasteiger charge is -2.38. The van der Waals surface area contributed by atoms with Crippen molar-refractivity contribution in [1.82, 2.24) is 15.2 Å². The topological polar surface area (TPSA) is 48.1 Å². The van der Waals surface area contributed by atoms with Gasteiger partial charge in [-0.3, -0.25) is 4.79 Å². The van der Waals surface area contributed by atoms with E-state index in [0.29, 0.717) is 21.2 Å². The van der Waals surface area contributed by atoms with Crippen molar-refractivity contribution in [2.24, 2.45) is 5.41 Å². The Bertz CT molecular complexity index is 736. The summed E-state index contributed by atoms with van der Waals surface area (Å²) in [5, 5.41) is 5.09.